The van der Waals surface area contributed by atoms with E-state index in [0.717, 1.165) is 22.9 Å². The van der Waals surface area contributed by atoms with Crippen LogP contribution < -0.4 is 10.9 Å². The molecule has 0 saturated carbocycles. The minimum Gasteiger partial charge on any atom is -0.320 e. The smallest absolute Gasteiger partial charge is 0.276 e. The van der Waals surface area contributed by atoms with E-state index < -0.39 is 28.9 Å². The van der Waals surface area contributed by atoms with Crippen LogP contribution in [-0.2, 0) is 6.54 Å². The molecule has 0 saturated heterocycles. The first-order valence-electron chi connectivity index (χ1n) is 7.51. The Bertz CT molecular complexity index is 1030. The fourth-order valence-corrected chi connectivity index (χ4v) is 2.26. The highest BCUT2D eigenvalue weighted by molar-refractivity contribution is 6.02. The van der Waals surface area contributed by atoms with E-state index in [-0.39, 0.29) is 17.9 Å². The maximum absolute atomic E-state index is 13.3. The third-order valence-corrected chi connectivity index (χ3v) is 3.50. The first-order valence-corrected chi connectivity index (χ1v) is 7.51. The molecular weight excluding hydrogens is 347 g/mol. The predicted octanol–water partition coefficient (Wildman–Crippen LogP) is 2.96. The summed E-state index contributed by atoms with van der Waals surface area (Å²) in [5, 5.41) is 6.30. The largest absolute Gasteiger partial charge is 0.320 e. The molecule has 1 amide bonds. The van der Waals surface area contributed by atoms with E-state index in [0.29, 0.717) is 5.56 Å². The van der Waals surface area contributed by atoms with Crippen molar-refractivity contribution in [1.82, 2.24) is 9.78 Å². The van der Waals surface area contributed by atoms with Crippen molar-refractivity contribution < 1.29 is 18.0 Å². The molecule has 0 bridgehead atoms. The van der Waals surface area contributed by atoms with Crippen molar-refractivity contribution in [1.29, 1.82) is 0 Å². The van der Waals surface area contributed by atoms with Crippen molar-refractivity contribution in [3.05, 3.63) is 93.7 Å². The van der Waals surface area contributed by atoms with Crippen LogP contribution in [0.15, 0.2) is 59.4 Å². The number of halogens is 3. The van der Waals surface area contributed by atoms with Gasteiger partial charge in [0, 0.05) is 17.8 Å². The van der Waals surface area contributed by atoms with Gasteiger partial charge in [-0.1, -0.05) is 12.1 Å². The van der Waals surface area contributed by atoms with Crippen molar-refractivity contribution in [2.45, 2.75) is 6.54 Å². The Balaban J connectivity index is 1.83. The monoisotopic (exact) mass is 359 g/mol. The number of aromatic nitrogens is 2. The average Bonchev–Trinajstić information content (AvgIpc) is 2.60. The summed E-state index contributed by atoms with van der Waals surface area (Å²) in [6.07, 6.45) is 0. The Hall–Kier alpha value is -3.42. The van der Waals surface area contributed by atoms with Crippen LogP contribution >= 0.6 is 0 Å². The summed E-state index contributed by atoms with van der Waals surface area (Å²) in [6, 6.07) is 10.9. The molecule has 8 heteroatoms. The first kappa shape index (κ1) is 17.4. The summed E-state index contributed by atoms with van der Waals surface area (Å²) in [4.78, 5) is 24.1. The number of benzene rings is 2. The molecule has 0 radical (unpaired) electrons. The molecule has 2 aromatic carbocycles. The average molecular weight is 359 g/mol. The molecule has 132 valence electrons. The van der Waals surface area contributed by atoms with Crippen LogP contribution in [0, 0.1) is 17.5 Å². The van der Waals surface area contributed by atoms with Gasteiger partial charge in [0.25, 0.3) is 11.5 Å². The second kappa shape index (κ2) is 7.22. The number of hydrogen-bond donors (Lipinski definition) is 1. The molecule has 0 spiro atoms. The minimum absolute atomic E-state index is 0.0249. The summed E-state index contributed by atoms with van der Waals surface area (Å²) < 4.78 is 40.4. The maximum Gasteiger partial charge on any atom is 0.276 e. The molecule has 0 unspecified atom stereocenters. The predicted molar refractivity (Wildman–Crippen MR) is 88.3 cm³/mol. The Morgan fingerprint density at radius 2 is 1.81 bits per heavy atom. The van der Waals surface area contributed by atoms with E-state index in [1.165, 1.54) is 30.3 Å². The third-order valence-electron chi connectivity index (χ3n) is 3.50. The molecule has 1 heterocycles. The molecule has 5 nitrogen and oxygen atoms in total. The van der Waals surface area contributed by atoms with Crippen LogP contribution in [-0.4, -0.2) is 15.7 Å². The van der Waals surface area contributed by atoms with Crippen LogP contribution in [0.5, 0.6) is 0 Å². The third kappa shape index (κ3) is 3.97. The number of carbonyl (C=O) groups excluding carboxylic acids is 1. The molecule has 0 fully saturated rings. The van der Waals surface area contributed by atoms with Crippen molar-refractivity contribution >= 4 is 11.6 Å². The lowest BCUT2D eigenvalue weighted by Gasteiger charge is -2.08. The zero-order chi connectivity index (χ0) is 18.7. The van der Waals surface area contributed by atoms with Crippen LogP contribution in [0.2, 0.25) is 0 Å². The standard InChI is InChI=1S/C18H12F3N3O2/c19-12-3-1-2-11(8-12)10-24-17(25)7-6-16(23-24)18(26)22-13-4-5-14(20)15(21)9-13/h1-9H,10H2,(H,22,26). The lowest BCUT2D eigenvalue weighted by molar-refractivity contribution is 0.102. The Morgan fingerprint density at radius 3 is 2.54 bits per heavy atom. The van der Waals surface area contributed by atoms with Crippen molar-refractivity contribution in [3.8, 4) is 0 Å². The van der Waals surface area contributed by atoms with Gasteiger partial charge in [-0.3, -0.25) is 9.59 Å². The normalized spacial score (nSPS) is 10.6. The molecule has 0 aliphatic heterocycles. The van der Waals surface area contributed by atoms with E-state index >= 15 is 0 Å². The van der Waals surface area contributed by atoms with Crippen molar-refractivity contribution in [2.75, 3.05) is 5.32 Å². The second-order valence-corrected chi connectivity index (χ2v) is 5.43. The van der Waals surface area contributed by atoms with Gasteiger partial charge in [0.1, 0.15) is 11.5 Å². The Morgan fingerprint density at radius 1 is 1.00 bits per heavy atom. The van der Waals surface area contributed by atoms with Gasteiger partial charge in [-0.25, -0.2) is 17.9 Å². The summed E-state index contributed by atoms with van der Waals surface area (Å²) >= 11 is 0. The van der Waals surface area contributed by atoms with E-state index in [1.54, 1.807) is 6.07 Å². The highest BCUT2D eigenvalue weighted by Gasteiger charge is 2.12. The van der Waals surface area contributed by atoms with E-state index in [2.05, 4.69) is 10.4 Å². The molecule has 0 aliphatic rings. The molecule has 0 atom stereocenters. The summed E-state index contributed by atoms with van der Waals surface area (Å²) in [6.45, 7) is -0.0249. The number of rotatable bonds is 4. The lowest BCUT2D eigenvalue weighted by atomic mass is 10.2. The van der Waals surface area contributed by atoms with E-state index in [4.69, 9.17) is 0 Å². The zero-order valence-corrected chi connectivity index (χ0v) is 13.2. The van der Waals surface area contributed by atoms with Gasteiger partial charge in [-0.05, 0) is 35.9 Å². The highest BCUT2D eigenvalue weighted by Crippen LogP contribution is 2.14. The highest BCUT2D eigenvalue weighted by atomic mass is 19.2. The van der Waals surface area contributed by atoms with Gasteiger partial charge in [-0.15, -0.1) is 0 Å². The lowest BCUT2D eigenvalue weighted by Crippen LogP contribution is -2.26. The second-order valence-electron chi connectivity index (χ2n) is 5.43. The van der Waals surface area contributed by atoms with Gasteiger partial charge < -0.3 is 5.32 Å². The molecule has 26 heavy (non-hydrogen) atoms. The fourth-order valence-electron chi connectivity index (χ4n) is 2.26. The van der Waals surface area contributed by atoms with Crippen LogP contribution in [0.1, 0.15) is 16.1 Å². The quantitative estimate of drug-likeness (QED) is 0.779. The number of nitrogens with one attached hydrogen (secondary N) is 1. The molecular formula is C18H12F3N3O2. The van der Waals surface area contributed by atoms with Gasteiger partial charge in [0.05, 0.1) is 6.54 Å². The molecule has 3 rings (SSSR count). The van der Waals surface area contributed by atoms with Crippen LogP contribution in [0.4, 0.5) is 18.9 Å². The molecule has 1 aromatic heterocycles. The Labute approximate surface area is 145 Å². The number of hydrogen-bond acceptors (Lipinski definition) is 3. The summed E-state index contributed by atoms with van der Waals surface area (Å²) in [5.41, 5.74) is -0.0410. The van der Waals surface area contributed by atoms with Gasteiger partial charge >= 0.3 is 0 Å². The van der Waals surface area contributed by atoms with Gasteiger partial charge in [0.2, 0.25) is 0 Å². The number of anilines is 1. The Kier molecular flexibility index (Phi) is 4.83. The summed E-state index contributed by atoms with van der Waals surface area (Å²) in [5.74, 6) is -3.30. The molecule has 3 aromatic rings. The van der Waals surface area contributed by atoms with Crippen molar-refractivity contribution in [3.63, 3.8) is 0 Å². The molecule has 0 aliphatic carbocycles. The topological polar surface area (TPSA) is 64.0 Å². The first-order chi connectivity index (χ1) is 12.4. The van der Waals surface area contributed by atoms with Gasteiger partial charge in [0.15, 0.2) is 11.6 Å². The fraction of sp³-hybridized carbons (Fsp3) is 0.0556. The molecule has 1 N–H and O–H groups in total. The number of amides is 1. The van der Waals surface area contributed by atoms with Gasteiger partial charge in [-0.2, -0.15) is 5.10 Å². The summed E-state index contributed by atoms with van der Waals surface area (Å²) in [7, 11) is 0. The minimum atomic E-state index is -1.10. The van der Waals surface area contributed by atoms with Crippen LogP contribution in [0.3, 0.4) is 0 Å². The van der Waals surface area contributed by atoms with Crippen LogP contribution in [0.25, 0.3) is 0 Å². The number of carbonyl (C=O) groups is 1. The van der Waals surface area contributed by atoms with E-state index in [9.17, 15) is 22.8 Å². The van der Waals surface area contributed by atoms with Crippen molar-refractivity contribution in [2.24, 2.45) is 0 Å². The number of nitrogens with zero attached hydrogens (tertiary/aromatic N) is 2. The zero-order valence-electron chi connectivity index (χ0n) is 13.2. The maximum atomic E-state index is 13.3. The SMILES string of the molecule is O=C(Nc1ccc(F)c(F)c1)c1ccc(=O)n(Cc2cccc(F)c2)n1. The van der Waals surface area contributed by atoms with E-state index in [1.807, 2.05) is 0 Å².